The molecular weight excluding hydrogens is 300 g/mol. The number of carbonyl (C=O) groups excluding carboxylic acids is 1. The third-order valence-corrected chi connectivity index (χ3v) is 3.89. The van der Waals surface area contributed by atoms with Crippen molar-refractivity contribution in [2.24, 2.45) is 0 Å². The molecule has 122 valence electrons. The molecule has 1 heterocycles. The molecule has 0 aliphatic carbocycles. The Morgan fingerprint density at radius 1 is 0.958 bits per heavy atom. The number of carbonyl (C=O) groups is 1. The van der Waals surface area contributed by atoms with Crippen LogP contribution in [0.15, 0.2) is 65.4 Å². The average Bonchev–Trinajstić information content (AvgIpc) is 3.09. The highest BCUT2D eigenvalue weighted by Gasteiger charge is 2.13. The summed E-state index contributed by atoms with van der Waals surface area (Å²) in [6, 6.07) is 17.0. The maximum atomic E-state index is 12.3. The summed E-state index contributed by atoms with van der Waals surface area (Å²) < 4.78 is 4.83. The first-order valence-electron chi connectivity index (χ1n) is 7.86. The Balaban J connectivity index is 1.71. The van der Waals surface area contributed by atoms with Crippen LogP contribution < -0.4 is 5.32 Å². The zero-order valence-corrected chi connectivity index (χ0v) is 14.0. The van der Waals surface area contributed by atoms with Crippen LogP contribution in [0.1, 0.15) is 36.7 Å². The van der Waals surface area contributed by atoms with Gasteiger partial charge in [-0.2, -0.15) is 0 Å². The molecular formula is C20H20N2O2. The van der Waals surface area contributed by atoms with Gasteiger partial charge in [0, 0.05) is 22.9 Å². The van der Waals surface area contributed by atoms with Gasteiger partial charge in [0.1, 0.15) is 12.0 Å². The van der Waals surface area contributed by atoms with Gasteiger partial charge in [-0.05, 0) is 35.2 Å². The minimum atomic E-state index is -0.134. The Labute approximate surface area is 141 Å². The fraction of sp³-hybridized carbons (Fsp3) is 0.200. The zero-order valence-electron chi connectivity index (χ0n) is 14.0. The predicted molar refractivity (Wildman–Crippen MR) is 95.0 cm³/mol. The first-order chi connectivity index (χ1) is 11.4. The van der Waals surface area contributed by atoms with Gasteiger partial charge in [0.2, 0.25) is 0 Å². The molecule has 0 unspecified atom stereocenters. The summed E-state index contributed by atoms with van der Waals surface area (Å²) in [6.07, 6.45) is 1.53. The Morgan fingerprint density at radius 3 is 2.17 bits per heavy atom. The molecule has 0 spiro atoms. The van der Waals surface area contributed by atoms with Crippen molar-refractivity contribution in [1.29, 1.82) is 0 Å². The fourth-order valence-electron chi connectivity index (χ4n) is 2.41. The summed E-state index contributed by atoms with van der Waals surface area (Å²) in [5, 5.41) is 6.80. The lowest BCUT2D eigenvalue weighted by Crippen LogP contribution is -2.13. The van der Waals surface area contributed by atoms with Crippen molar-refractivity contribution >= 4 is 11.6 Å². The molecule has 4 heteroatoms. The van der Waals surface area contributed by atoms with Gasteiger partial charge in [0.15, 0.2) is 0 Å². The highest BCUT2D eigenvalue weighted by Crippen LogP contribution is 2.24. The van der Waals surface area contributed by atoms with Crippen molar-refractivity contribution in [1.82, 2.24) is 5.16 Å². The van der Waals surface area contributed by atoms with E-state index in [1.807, 2.05) is 36.4 Å². The van der Waals surface area contributed by atoms with Crippen LogP contribution >= 0.6 is 0 Å². The van der Waals surface area contributed by atoms with Crippen molar-refractivity contribution in [3.05, 3.63) is 72.0 Å². The van der Waals surface area contributed by atoms with E-state index in [-0.39, 0.29) is 11.3 Å². The minimum absolute atomic E-state index is 0.0967. The summed E-state index contributed by atoms with van der Waals surface area (Å²) in [6.45, 7) is 6.49. The summed E-state index contributed by atoms with van der Waals surface area (Å²) in [7, 11) is 0. The van der Waals surface area contributed by atoms with E-state index in [1.165, 1.54) is 11.8 Å². The Bertz CT molecular complexity index is 812. The van der Waals surface area contributed by atoms with E-state index in [1.54, 1.807) is 18.2 Å². The summed E-state index contributed by atoms with van der Waals surface area (Å²) in [5.74, 6) is -0.134. The normalized spacial score (nSPS) is 11.3. The van der Waals surface area contributed by atoms with Gasteiger partial charge < -0.3 is 9.84 Å². The van der Waals surface area contributed by atoms with Gasteiger partial charge in [0.05, 0.1) is 0 Å². The van der Waals surface area contributed by atoms with Crippen LogP contribution in [-0.2, 0) is 5.41 Å². The number of benzene rings is 2. The molecule has 1 N–H and O–H groups in total. The van der Waals surface area contributed by atoms with Crippen LogP contribution in [-0.4, -0.2) is 11.1 Å². The van der Waals surface area contributed by atoms with E-state index < -0.39 is 0 Å². The second kappa shape index (κ2) is 6.32. The van der Waals surface area contributed by atoms with E-state index >= 15 is 0 Å². The molecule has 0 aliphatic rings. The van der Waals surface area contributed by atoms with E-state index in [0.717, 1.165) is 16.9 Å². The summed E-state index contributed by atoms with van der Waals surface area (Å²) in [4.78, 5) is 12.3. The highest BCUT2D eigenvalue weighted by atomic mass is 16.5. The number of rotatable bonds is 3. The maximum absolute atomic E-state index is 12.3. The van der Waals surface area contributed by atoms with Crippen LogP contribution in [0.5, 0.6) is 0 Å². The molecule has 0 aliphatic heterocycles. The Hall–Kier alpha value is -2.88. The number of amides is 1. The Morgan fingerprint density at radius 2 is 1.62 bits per heavy atom. The SMILES string of the molecule is CC(C)(C)c1ccc(NC(=O)c2ccc(-c3ccon3)cc2)cc1. The zero-order chi connectivity index (χ0) is 17.2. The van der Waals surface area contributed by atoms with Gasteiger partial charge in [-0.25, -0.2) is 0 Å². The Kier molecular flexibility index (Phi) is 4.21. The standard InChI is InChI=1S/C20H20N2O2/c1-20(2,3)16-8-10-17(11-9-16)21-19(23)15-6-4-14(5-7-15)18-12-13-24-22-18/h4-13H,1-3H3,(H,21,23). The van der Waals surface area contributed by atoms with Gasteiger partial charge in [-0.1, -0.05) is 50.2 Å². The predicted octanol–water partition coefficient (Wildman–Crippen LogP) is 4.89. The van der Waals surface area contributed by atoms with Crippen molar-refractivity contribution in [2.75, 3.05) is 5.32 Å². The number of hydrogen-bond acceptors (Lipinski definition) is 3. The molecule has 4 nitrogen and oxygen atoms in total. The minimum Gasteiger partial charge on any atom is -0.364 e. The molecule has 0 fully saturated rings. The number of aromatic nitrogens is 1. The molecule has 3 rings (SSSR count). The molecule has 0 saturated carbocycles. The molecule has 24 heavy (non-hydrogen) atoms. The van der Waals surface area contributed by atoms with Crippen LogP contribution in [0.4, 0.5) is 5.69 Å². The van der Waals surface area contributed by atoms with Crippen molar-refractivity contribution < 1.29 is 9.32 Å². The average molecular weight is 320 g/mol. The quantitative estimate of drug-likeness (QED) is 0.747. The first-order valence-corrected chi connectivity index (χ1v) is 7.86. The molecule has 0 radical (unpaired) electrons. The number of anilines is 1. The van der Waals surface area contributed by atoms with Crippen molar-refractivity contribution in [3.63, 3.8) is 0 Å². The summed E-state index contributed by atoms with van der Waals surface area (Å²) in [5.41, 5.74) is 4.38. The van der Waals surface area contributed by atoms with Crippen molar-refractivity contribution in [2.45, 2.75) is 26.2 Å². The maximum Gasteiger partial charge on any atom is 0.255 e. The third kappa shape index (κ3) is 3.54. The lowest BCUT2D eigenvalue weighted by atomic mass is 9.87. The largest absolute Gasteiger partial charge is 0.364 e. The van der Waals surface area contributed by atoms with E-state index in [9.17, 15) is 4.79 Å². The van der Waals surface area contributed by atoms with Gasteiger partial charge in [-0.15, -0.1) is 0 Å². The topological polar surface area (TPSA) is 55.1 Å². The van der Waals surface area contributed by atoms with Crippen LogP contribution in [0.2, 0.25) is 0 Å². The highest BCUT2D eigenvalue weighted by molar-refractivity contribution is 6.04. The smallest absolute Gasteiger partial charge is 0.255 e. The lowest BCUT2D eigenvalue weighted by Gasteiger charge is -2.19. The van der Waals surface area contributed by atoms with Crippen molar-refractivity contribution in [3.8, 4) is 11.3 Å². The van der Waals surface area contributed by atoms with E-state index in [2.05, 4.69) is 31.2 Å². The first kappa shape index (κ1) is 16.0. The van der Waals surface area contributed by atoms with Crippen LogP contribution in [0.3, 0.4) is 0 Å². The summed E-state index contributed by atoms with van der Waals surface area (Å²) >= 11 is 0. The van der Waals surface area contributed by atoms with Gasteiger partial charge >= 0.3 is 0 Å². The molecule has 3 aromatic rings. The molecule has 2 aromatic carbocycles. The molecule has 0 atom stereocenters. The monoisotopic (exact) mass is 320 g/mol. The van der Waals surface area contributed by atoms with Gasteiger partial charge in [-0.3, -0.25) is 4.79 Å². The third-order valence-electron chi connectivity index (χ3n) is 3.89. The number of nitrogens with zero attached hydrogens (tertiary/aromatic N) is 1. The van der Waals surface area contributed by atoms with E-state index in [4.69, 9.17) is 4.52 Å². The molecule has 0 saturated heterocycles. The van der Waals surface area contributed by atoms with Gasteiger partial charge in [0.25, 0.3) is 5.91 Å². The fourth-order valence-corrected chi connectivity index (χ4v) is 2.41. The molecule has 0 bridgehead atoms. The molecule has 1 amide bonds. The lowest BCUT2D eigenvalue weighted by molar-refractivity contribution is 0.102. The van der Waals surface area contributed by atoms with E-state index in [0.29, 0.717) is 5.56 Å². The number of hydrogen-bond donors (Lipinski definition) is 1. The second-order valence-electron chi connectivity index (χ2n) is 6.74. The second-order valence-corrected chi connectivity index (χ2v) is 6.74. The molecule has 1 aromatic heterocycles. The van der Waals surface area contributed by atoms with Crippen LogP contribution in [0, 0.1) is 0 Å². The number of nitrogens with one attached hydrogen (secondary N) is 1. The van der Waals surface area contributed by atoms with Crippen LogP contribution in [0.25, 0.3) is 11.3 Å².